The van der Waals surface area contributed by atoms with Crippen LogP contribution < -0.4 is 0 Å². The van der Waals surface area contributed by atoms with Gasteiger partial charge in [-0.1, -0.05) is 0 Å². The van der Waals surface area contributed by atoms with Crippen LogP contribution in [0.15, 0.2) is 11.3 Å². The molecule has 0 unspecified atom stereocenters. The number of hydrogen-bond acceptors (Lipinski definition) is 7. The van der Waals surface area contributed by atoms with Gasteiger partial charge in [-0.2, -0.15) is 0 Å². The minimum atomic E-state index is -1.27. The van der Waals surface area contributed by atoms with Crippen molar-refractivity contribution in [1.82, 2.24) is 9.80 Å². The van der Waals surface area contributed by atoms with Gasteiger partial charge in [-0.15, -0.1) is 11.8 Å². The van der Waals surface area contributed by atoms with E-state index in [2.05, 4.69) is 0 Å². The first kappa shape index (κ1) is 20.1. The molecule has 156 valence electrons. The zero-order chi connectivity index (χ0) is 19.8. The number of aliphatic carboxylic acids is 1. The Morgan fingerprint density at radius 3 is 2.50 bits per heavy atom. The Kier molecular flexibility index (Phi) is 5.55. The molecule has 2 rings (SSSR count). The fourth-order valence-corrected chi connectivity index (χ4v) is 4.07. The van der Waals surface area contributed by atoms with Gasteiger partial charge in [0.2, 0.25) is 0 Å². The number of carbonyl (C=O) groups excluding carboxylic acids is 3. The molecule has 1 N–H and O–H groups in total. The molecule has 0 aromatic rings. The van der Waals surface area contributed by atoms with Crippen molar-refractivity contribution >= 4 is 35.7 Å². The molecule has 0 radical (unpaired) electrons. The molecule has 0 aliphatic carbocycles. The van der Waals surface area contributed by atoms with Crippen LogP contribution in [0.2, 0.25) is 0 Å². The second-order valence-corrected chi connectivity index (χ2v) is 8.09. The number of carbonyl (C=O) groups is 4. The Morgan fingerprint density at radius 2 is 2.00 bits per heavy atom. The first-order valence-corrected chi connectivity index (χ1v) is 8.98. The van der Waals surface area contributed by atoms with Crippen LogP contribution in [-0.2, 0) is 23.9 Å². The van der Waals surface area contributed by atoms with E-state index in [0.717, 1.165) is 4.90 Å². The lowest BCUT2D eigenvalue weighted by Gasteiger charge is -2.51. The SMILES string of the molecule is CC(=O)OCC1=C(C(=O)O)N2C(=O)[C@@H](N(C)C(=O)OC(C)(C)C)[C@H]2SC1.[HH].[HH].[HH].[HH].[HH].[HH]. The Bertz CT molecular complexity index is 705. The molecule has 0 saturated carbocycles. The van der Waals surface area contributed by atoms with E-state index in [4.69, 9.17) is 9.47 Å². The summed E-state index contributed by atoms with van der Waals surface area (Å²) in [5, 5.41) is 8.97. The normalized spacial score (nSPS) is 22.3. The molecule has 10 heteroatoms. The van der Waals surface area contributed by atoms with Crippen molar-refractivity contribution in [3.8, 4) is 0 Å². The second kappa shape index (κ2) is 7.18. The predicted molar refractivity (Wildman–Crippen MR) is 105 cm³/mol. The van der Waals surface area contributed by atoms with Crippen molar-refractivity contribution in [1.29, 1.82) is 0 Å². The summed E-state index contributed by atoms with van der Waals surface area (Å²) in [4.78, 5) is 49.7. The molecule has 0 aromatic carbocycles. The number of hydrogen-bond donors (Lipinski definition) is 1. The molecule has 1 fully saturated rings. The van der Waals surface area contributed by atoms with E-state index < -0.39 is 41.0 Å². The molecule has 2 atom stereocenters. The number of carboxylic acids is 1. The quantitative estimate of drug-likeness (QED) is 0.568. The monoisotopic (exact) mass is 398 g/mol. The molecule has 1 saturated heterocycles. The first-order valence-electron chi connectivity index (χ1n) is 7.93. The zero-order valence-electron chi connectivity index (χ0n) is 15.3. The fraction of sp³-hybridized carbons (Fsp3) is 0.625. The first-order chi connectivity index (χ1) is 11.9. The van der Waals surface area contributed by atoms with Crippen LogP contribution in [0.25, 0.3) is 0 Å². The lowest BCUT2D eigenvalue weighted by atomic mass is 10.0. The minimum absolute atomic E-state index is 0. The molecule has 0 spiro atoms. The van der Waals surface area contributed by atoms with E-state index in [1.807, 2.05) is 0 Å². The minimum Gasteiger partial charge on any atom is -0.477 e. The van der Waals surface area contributed by atoms with Gasteiger partial charge in [0.1, 0.15) is 29.3 Å². The van der Waals surface area contributed by atoms with Crippen molar-refractivity contribution in [2.24, 2.45) is 0 Å². The maximum absolute atomic E-state index is 12.6. The maximum atomic E-state index is 12.6. The summed E-state index contributed by atoms with van der Waals surface area (Å²) in [6, 6.07) is -0.806. The standard InChI is InChI=1S/C16H22N2O7S.6H2/c1-8(19)24-6-9-7-26-13-11(12(20)18(13)10(9)14(21)22)17(5)15(23)25-16(2,3)4;;;;;;/h11,13H,6-7H2,1-5H3,(H,21,22);6*1H/t11-,13-;;;;;;/m1....../s1. The molecular weight excluding hydrogens is 364 g/mol. The van der Waals surface area contributed by atoms with Crippen LogP contribution in [0, 0.1) is 0 Å². The van der Waals surface area contributed by atoms with Gasteiger partial charge >= 0.3 is 18.0 Å². The summed E-state index contributed by atoms with van der Waals surface area (Å²) in [5.74, 6) is -2.04. The van der Waals surface area contributed by atoms with Crippen LogP contribution >= 0.6 is 11.8 Å². The van der Waals surface area contributed by atoms with Gasteiger partial charge < -0.3 is 14.6 Å². The molecule has 2 amide bonds. The summed E-state index contributed by atoms with van der Waals surface area (Å²) in [7, 11) is 1.45. The number of β-lactam (4-membered cyclic amide) rings is 1. The largest absolute Gasteiger partial charge is 0.477 e. The van der Waals surface area contributed by atoms with E-state index in [-0.39, 0.29) is 26.6 Å². The molecule has 9 nitrogen and oxygen atoms in total. The number of thioether (sulfide) groups is 1. The molecule has 2 aliphatic heterocycles. The number of likely N-dealkylation sites (N-methyl/N-ethyl adjacent to an activating group) is 1. The third kappa shape index (κ3) is 3.95. The third-order valence-electron chi connectivity index (χ3n) is 3.77. The maximum Gasteiger partial charge on any atom is 0.410 e. The molecule has 0 bridgehead atoms. The molecule has 2 aliphatic rings. The Morgan fingerprint density at radius 1 is 1.38 bits per heavy atom. The summed E-state index contributed by atoms with van der Waals surface area (Å²) in [5.41, 5.74) is -0.546. The molecule has 0 aromatic heterocycles. The summed E-state index contributed by atoms with van der Waals surface area (Å²) >= 11 is 1.31. The van der Waals surface area contributed by atoms with Gasteiger partial charge in [0.05, 0.1) is 0 Å². The highest BCUT2D eigenvalue weighted by Crippen LogP contribution is 2.42. The van der Waals surface area contributed by atoms with E-state index in [9.17, 15) is 24.3 Å². The smallest absolute Gasteiger partial charge is 0.410 e. The summed E-state index contributed by atoms with van der Waals surface area (Å²) in [6.45, 7) is 6.19. The number of ether oxygens (including phenoxy) is 2. The van der Waals surface area contributed by atoms with Crippen LogP contribution in [0.4, 0.5) is 4.79 Å². The van der Waals surface area contributed by atoms with Gasteiger partial charge in [0.25, 0.3) is 5.91 Å². The van der Waals surface area contributed by atoms with Gasteiger partial charge in [0, 0.05) is 33.9 Å². The number of fused-ring (bicyclic) bond motifs is 1. The highest BCUT2D eigenvalue weighted by atomic mass is 32.2. The van der Waals surface area contributed by atoms with E-state index in [1.165, 1.54) is 30.6 Å². The van der Waals surface area contributed by atoms with Crippen molar-refractivity contribution in [3.63, 3.8) is 0 Å². The van der Waals surface area contributed by atoms with Gasteiger partial charge in [-0.05, 0) is 20.8 Å². The number of amides is 2. The molecule has 26 heavy (non-hydrogen) atoms. The van der Waals surface area contributed by atoms with Crippen molar-refractivity contribution in [2.75, 3.05) is 19.4 Å². The van der Waals surface area contributed by atoms with Crippen LogP contribution in [-0.4, -0.2) is 75.3 Å². The third-order valence-corrected chi connectivity index (χ3v) is 5.10. The van der Waals surface area contributed by atoms with Crippen LogP contribution in [0.3, 0.4) is 0 Å². The highest BCUT2D eigenvalue weighted by Gasteiger charge is 2.56. The summed E-state index contributed by atoms with van der Waals surface area (Å²) in [6.07, 6.45) is -0.650. The van der Waals surface area contributed by atoms with Crippen molar-refractivity contribution < 1.29 is 42.3 Å². The lowest BCUT2D eigenvalue weighted by Crippen LogP contribution is -2.71. The topological polar surface area (TPSA) is 113 Å². The van der Waals surface area contributed by atoms with Gasteiger partial charge in [-0.3, -0.25) is 19.4 Å². The van der Waals surface area contributed by atoms with Crippen molar-refractivity contribution in [3.05, 3.63) is 11.3 Å². The lowest BCUT2D eigenvalue weighted by molar-refractivity contribution is -0.153. The predicted octanol–water partition coefficient (Wildman–Crippen LogP) is 2.51. The van der Waals surface area contributed by atoms with Gasteiger partial charge in [-0.25, -0.2) is 9.59 Å². The second-order valence-electron chi connectivity index (χ2n) is 6.98. The van der Waals surface area contributed by atoms with Crippen LogP contribution in [0.5, 0.6) is 0 Å². The van der Waals surface area contributed by atoms with E-state index in [0.29, 0.717) is 5.57 Å². The zero-order valence-corrected chi connectivity index (χ0v) is 16.1. The summed E-state index contributed by atoms with van der Waals surface area (Å²) < 4.78 is 10.1. The van der Waals surface area contributed by atoms with Crippen LogP contribution in [0.1, 0.15) is 36.3 Å². The van der Waals surface area contributed by atoms with E-state index in [1.54, 1.807) is 20.8 Å². The number of esters is 1. The van der Waals surface area contributed by atoms with Gasteiger partial charge in [0.15, 0.2) is 0 Å². The molecular formula is C16H34N2O7S. The number of rotatable bonds is 4. The number of carboxylic acid groups (broad SMARTS) is 1. The Hall–Kier alpha value is -2.23. The Labute approximate surface area is 164 Å². The Balaban J connectivity index is -0.000000405. The average molecular weight is 399 g/mol. The highest BCUT2D eigenvalue weighted by molar-refractivity contribution is 8.00. The fourth-order valence-electron chi connectivity index (χ4n) is 2.63. The van der Waals surface area contributed by atoms with Crippen molar-refractivity contribution in [2.45, 2.75) is 44.7 Å². The molecule has 2 heterocycles. The number of nitrogens with zero attached hydrogens (tertiary/aromatic N) is 2. The average Bonchev–Trinajstić information content (AvgIpc) is 2.50. The van der Waals surface area contributed by atoms with E-state index >= 15 is 0 Å².